The Kier molecular flexibility index (Phi) is 5.21. The van der Waals surface area contributed by atoms with Gasteiger partial charge in [-0.15, -0.1) is 0 Å². The van der Waals surface area contributed by atoms with Gasteiger partial charge in [-0.3, -0.25) is 4.68 Å². The van der Waals surface area contributed by atoms with Gasteiger partial charge in [0.05, 0.1) is 28.6 Å². The van der Waals surface area contributed by atoms with E-state index >= 15 is 0 Å². The van der Waals surface area contributed by atoms with Crippen molar-refractivity contribution in [1.82, 2.24) is 23.9 Å². The summed E-state index contributed by atoms with van der Waals surface area (Å²) in [6.45, 7) is 0.969. The number of rotatable bonds is 6. The summed E-state index contributed by atoms with van der Waals surface area (Å²) in [4.78, 5) is -0.244. The lowest BCUT2D eigenvalue weighted by molar-refractivity contribution is 0.0541. The van der Waals surface area contributed by atoms with Gasteiger partial charge in [-0.1, -0.05) is 0 Å². The summed E-state index contributed by atoms with van der Waals surface area (Å²) >= 11 is 3.33. The molecule has 0 radical (unpaired) electrons. The average Bonchev–Trinajstić information content (AvgIpc) is 3.02. The van der Waals surface area contributed by atoms with Crippen molar-refractivity contribution in [3.63, 3.8) is 0 Å². The lowest BCUT2D eigenvalue weighted by Crippen LogP contribution is -2.27. The van der Waals surface area contributed by atoms with Crippen molar-refractivity contribution in [2.45, 2.75) is 38.4 Å². The first-order chi connectivity index (χ1) is 10.7. The van der Waals surface area contributed by atoms with Crippen LogP contribution in [-0.4, -0.2) is 39.3 Å². The smallest absolute Gasteiger partial charge is 0.272 e. The molecule has 128 valence electrons. The van der Waals surface area contributed by atoms with Crippen molar-refractivity contribution < 1.29 is 17.2 Å². The zero-order chi connectivity index (χ0) is 17.4. The fourth-order valence-corrected chi connectivity index (χ4v) is 3.74. The molecule has 0 N–H and O–H groups in total. The van der Waals surface area contributed by atoms with E-state index in [2.05, 4.69) is 26.1 Å². The van der Waals surface area contributed by atoms with Crippen molar-refractivity contribution in [3.8, 4) is 0 Å². The summed E-state index contributed by atoms with van der Waals surface area (Å²) < 4.78 is 54.4. The van der Waals surface area contributed by atoms with E-state index in [0.29, 0.717) is 21.4 Å². The molecule has 0 amide bonds. The monoisotopic (exact) mass is 411 g/mol. The third-order valence-corrected chi connectivity index (χ3v) is 5.93. The number of nitrogens with zero attached hydrogens (tertiary/aromatic N) is 5. The van der Waals surface area contributed by atoms with Crippen LogP contribution in [0.25, 0.3) is 0 Å². The van der Waals surface area contributed by atoms with Crippen LogP contribution in [0.3, 0.4) is 0 Å². The Balaban J connectivity index is 2.30. The normalized spacial score (nSPS) is 12.5. The molecular weight excluding hydrogens is 396 g/mol. The molecule has 0 atom stereocenters. The third kappa shape index (κ3) is 3.45. The Hall–Kier alpha value is -1.33. The van der Waals surface area contributed by atoms with Crippen LogP contribution in [0.4, 0.5) is 8.78 Å². The highest BCUT2D eigenvalue weighted by Crippen LogP contribution is 2.24. The number of aryl methyl sites for hydroxylation is 1. The topological polar surface area (TPSA) is 73.0 Å². The Labute approximate surface area is 141 Å². The van der Waals surface area contributed by atoms with Gasteiger partial charge in [0.25, 0.3) is 0 Å². The molecule has 0 aromatic carbocycles. The molecular formula is C12H16BrF2N5O2S. The van der Waals surface area contributed by atoms with Gasteiger partial charge >= 0.3 is 6.55 Å². The second kappa shape index (κ2) is 6.65. The van der Waals surface area contributed by atoms with E-state index in [4.69, 9.17) is 0 Å². The number of halogens is 3. The second-order valence-electron chi connectivity index (χ2n) is 4.86. The molecule has 0 unspecified atom stereocenters. The van der Waals surface area contributed by atoms with E-state index in [1.165, 1.54) is 14.0 Å². The highest BCUT2D eigenvalue weighted by atomic mass is 79.9. The highest BCUT2D eigenvalue weighted by molar-refractivity contribution is 9.10. The molecule has 11 heteroatoms. The molecule has 2 aromatic rings. The summed E-state index contributed by atoms with van der Waals surface area (Å²) in [5.41, 5.74) is 0.432. The molecule has 2 rings (SSSR count). The lowest BCUT2D eigenvalue weighted by atomic mass is 10.4. The summed E-state index contributed by atoms with van der Waals surface area (Å²) in [5.74, 6) is 0. The summed E-state index contributed by atoms with van der Waals surface area (Å²) in [6.07, 6.45) is 2.68. The minimum absolute atomic E-state index is 0.00914. The van der Waals surface area contributed by atoms with Gasteiger partial charge in [-0.25, -0.2) is 13.1 Å². The van der Waals surface area contributed by atoms with Gasteiger partial charge in [0.1, 0.15) is 4.90 Å². The van der Waals surface area contributed by atoms with Crippen LogP contribution >= 0.6 is 15.9 Å². The Morgan fingerprint density at radius 1 is 1.43 bits per heavy atom. The van der Waals surface area contributed by atoms with Crippen molar-refractivity contribution in [2.24, 2.45) is 0 Å². The van der Waals surface area contributed by atoms with E-state index in [1.807, 2.05) is 6.92 Å². The summed E-state index contributed by atoms with van der Waals surface area (Å²) in [7, 11) is -2.58. The molecule has 0 aliphatic carbocycles. The van der Waals surface area contributed by atoms with E-state index < -0.39 is 16.6 Å². The average molecular weight is 412 g/mol. The standard InChI is InChI=1S/C12H16BrF2N5O2S/c1-4-19-6-9(13)10(17-19)7-18(3)23(21,22)11-5-16-20(8(11)2)12(14)15/h5-6,12H,4,7H2,1-3H3. The number of hydrogen-bond donors (Lipinski definition) is 0. The van der Waals surface area contributed by atoms with Crippen LogP contribution in [0.2, 0.25) is 0 Å². The van der Waals surface area contributed by atoms with Crippen LogP contribution in [0.5, 0.6) is 0 Å². The van der Waals surface area contributed by atoms with Crippen LogP contribution in [0.1, 0.15) is 24.9 Å². The van der Waals surface area contributed by atoms with Crippen molar-refractivity contribution >= 4 is 26.0 Å². The van der Waals surface area contributed by atoms with Gasteiger partial charge < -0.3 is 0 Å². The zero-order valence-electron chi connectivity index (χ0n) is 12.7. The van der Waals surface area contributed by atoms with Crippen LogP contribution < -0.4 is 0 Å². The van der Waals surface area contributed by atoms with E-state index in [9.17, 15) is 17.2 Å². The first-order valence-corrected chi connectivity index (χ1v) is 8.92. The number of hydrogen-bond acceptors (Lipinski definition) is 4. The predicted molar refractivity (Wildman–Crippen MR) is 82.5 cm³/mol. The molecule has 0 fully saturated rings. The predicted octanol–water partition coefficient (Wildman–Crippen LogP) is 2.39. The van der Waals surface area contributed by atoms with Crippen LogP contribution in [-0.2, 0) is 23.1 Å². The lowest BCUT2D eigenvalue weighted by Gasteiger charge is -2.16. The zero-order valence-corrected chi connectivity index (χ0v) is 15.1. The maximum atomic E-state index is 12.7. The van der Waals surface area contributed by atoms with Crippen molar-refractivity contribution in [1.29, 1.82) is 0 Å². The summed E-state index contributed by atoms with van der Waals surface area (Å²) in [5, 5.41) is 7.69. The Bertz CT molecular complexity index is 802. The van der Waals surface area contributed by atoms with Crippen molar-refractivity contribution in [3.05, 3.63) is 28.3 Å². The van der Waals surface area contributed by atoms with Gasteiger partial charge in [0.2, 0.25) is 10.0 Å². The first kappa shape index (κ1) is 18.0. The molecule has 0 aliphatic heterocycles. The van der Waals surface area contributed by atoms with Gasteiger partial charge in [-0.05, 0) is 29.8 Å². The van der Waals surface area contributed by atoms with E-state index in [1.54, 1.807) is 10.9 Å². The number of sulfonamides is 1. The molecule has 2 aromatic heterocycles. The number of alkyl halides is 2. The van der Waals surface area contributed by atoms with Crippen molar-refractivity contribution in [2.75, 3.05) is 7.05 Å². The molecule has 0 spiro atoms. The fraction of sp³-hybridized carbons (Fsp3) is 0.500. The summed E-state index contributed by atoms with van der Waals surface area (Å²) in [6, 6.07) is 0. The van der Waals surface area contributed by atoms with Crippen LogP contribution in [0, 0.1) is 6.92 Å². The minimum Gasteiger partial charge on any atom is -0.272 e. The second-order valence-corrected chi connectivity index (χ2v) is 7.72. The van der Waals surface area contributed by atoms with E-state index in [0.717, 1.165) is 10.5 Å². The molecule has 0 aliphatic rings. The maximum Gasteiger partial charge on any atom is 0.333 e. The minimum atomic E-state index is -3.95. The fourth-order valence-electron chi connectivity index (χ4n) is 2.03. The Morgan fingerprint density at radius 2 is 2.09 bits per heavy atom. The van der Waals surface area contributed by atoms with Crippen LogP contribution in [0.15, 0.2) is 21.8 Å². The SMILES string of the molecule is CCn1cc(Br)c(CN(C)S(=O)(=O)c2cnn(C(F)F)c2C)n1. The quantitative estimate of drug-likeness (QED) is 0.731. The molecule has 0 saturated carbocycles. The first-order valence-electron chi connectivity index (χ1n) is 6.68. The number of aromatic nitrogens is 4. The highest BCUT2D eigenvalue weighted by Gasteiger charge is 2.28. The van der Waals surface area contributed by atoms with Gasteiger partial charge in [0.15, 0.2) is 0 Å². The Morgan fingerprint density at radius 3 is 2.57 bits per heavy atom. The third-order valence-electron chi connectivity index (χ3n) is 3.36. The molecule has 0 saturated heterocycles. The largest absolute Gasteiger partial charge is 0.333 e. The molecule has 23 heavy (non-hydrogen) atoms. The van der Waals surface area contributed by atoms with E-state index in [-0.39, 0.29) is 17.1 Å². The van der Waals surface area contributed by atoms with Gasteiger partial charge in [-0.2, -0.15) is 23.3 Å². The maximum absolute atomic E-state index is 12.7. The molecule has 2 heterocycles. The molecule has 0 bridgehead atoms. The molecule has 7 nitrogen and oxygen atoms in total. The van der Waals surface area contributed by atoms with Gasteiger partial charge in [0, 0.05) is 19.8 Å².